The summed E-state index contributed by atoms with van der Waals surface area (Å²) in [6.07, 6.45) is 0. The number of methoxy groups -OCH3 is 1. The highest BCUT2D eigenvalue weighted by molar-refractivity contribution is 7.92. The number of aryl methyl sites for hydroxylation is 2. The zero-order valence-corrected chi connectivity index (χ0v) is 13.0. The molecule has 2 rings (SSSR count). The number of sulfonamides is 1. The largest absolute Gasteiger partial charge is 0.497 e. The smallest absolute Gasteiger partial charge is 0.262 e. The van der Waals surface area contributed by atoms with Crippen LogP contribution >= 0.6 is 0 Å². The van der Waals surface area contributed by atoms with E-state index < -0.39 is 10.0 Å². The van der Waals surface area contributed by atoms with Gasteiger partial charge in [0.1, 0.15) is 5.75 Å². The summed E-state index contributed by atoms with van der Waals surface area (Å²) in [5.74, 6) is 0.676. The van der Waals surface area contributed by atoms with Gasteiger partial charge < -0.3 is 10.5 Å². The lowest BCUT2D eigenvalue weighted by atomic mass is 10.2. The Morgan fingerprint density at radius 1 is 1.05 bits per heavy atom. The molecule has 0 spiro atoms. The first-order valence-electron chi connectivity index (χ1n) is 6.37. The highest BCUT2D eigenvalue weighted by Gasteiger charge is 2.18. The number of hydrogen-bond donors (Lipinski definition) is 2. The Balaban J connectivity index is 2.40. The SMILES string of the molecule is COc1ccc(NS(=O)(=O)c2cc(N)ccc2C)c(C)c1. The second-order valence-electron chi connectivity index (χ2n) is 4.81. The van der Waals surface area contributed by atoms with Crippen LogP contribution in [0.5, 0.6) is 5.75 Å². The second-order valence-corrected chi connectivity index (χ2v) is 6.46. The van der Waals surface area contributed by atoms with Crippen molar-refractivity contribution in [2.24, 2.45) is 0 Å². The van der Waals surface area contributed by atoms with Gasteiger partial charge in [-0.1, -0.05) is 6.07 Å². The van der Waals surface area contributed by atoms with Crippen molar-refractivity contribution in [3.05, 3.63) is 47.5 Å². The van der Waals surface area contributed by atoms with E-state index in [2.05, 4.69) is 4.72 Å². The number of anilines is 2. The van der Waals surface area contributed by atoms with Gasteiger partial charge in [0.2, 0.25) is 0 Å². The van der Waals surface area contributed by atoms with E-state index in [0.29, 0.717) is 22.7 Å². The van der Waals surface area contributed by atoms with Gasteiger partial charge in [-0.15, -0.1) is 0 Å². The van der Waals surface area contributed by atoms with E-state index in [4.69, 9.17) is 10.5 Å². The van der Waals surface area contributed by atoms with Crippen LogP contribution in [0, 0.1) is 13.8 Å². The molecule has 0 aliphatic carbocycles. The maximum atomic E-state index is 12.5. The van der Waals surface area contributed by atoms with E-state index in [0.717, 1.165) is 5.56 Å². The monoisotopic (exact) mass is 306 g/mol. The molecule has 0 saturated carbocycles. The standard InChI is InChI=1S/C15H18N2O3S/c1-10-4-5-12(16)9-15(10)21(18,19)17-14-7-6-13(20-3)8-11(14)2/h4-9,17H,16H2,1-3H3. The van der Waals surface area contributed by atoms with Crippen LogP contribution in [-0.2, 0) is 10.0 Å². The summed E-state index contributed by atoms with van der Waals surface area (Å²) in [7, 11) is -2.12. The average Bonchev–Trinajstić information content (AvgIpc) is 2.43. The van der Waals surface area contributed by atoms with Crippen LogP contribution in [0.2, 0.25) is 0 Å². The molecule has 0 fully saturated rings. The van der Waals surface area contributed by atoms with Gasteiger partial charge in [-0.05, 0) is 55.3 Å². The predicted molar refractivity (Wildman–Crippen MR) is 84.1 cm³/mol. The number of nitrogens with one attached hydrogen (secondary N) is 1. The van der Waals surface area contributed by atoms with Crippen molar-refractivity contribution in [2.75, 3.05) is 17.6 Å². The Bertz CT molecular complexity index is 770. The van der Waals surface area contributed by atoms with Crippen LogP contribution in [0.3, 0.4) is 0 Å². The molecule has 2 aromatic rings. The summed E-state index contributed by atoms with van der Waals surface area (Å²) < 4.78 is 32.7. The maximum Gasteiger partial charge on any atom is 0.262 e. The molecule has 0 unspecified atom stereocenters. The molecule has 5 nitrogen and oxygen atoms in total. The van der Waals surface area contributed by atoms with Crippen molar-refractivity contribution in [3.8, 4) is 5.75 Å². The first kappa shape index (κ1) is 15.2. The van der Waals surface area contributed by atoms with Gasteiger partial charge in [0.05, 0.1) is 17.7 Å². The van der Waals surface area contributed by atoms with E-state index in [9.17, 15) is 8.42 Å². The topological polar surface area (TPSA) is 81.4 Å². The molecule has 21 heavy (non-hydrogen) atoms. The van der Waals surface area contributed by atoms with Crippen LogP contribution < -0.4 is 15.2 Å². The number of benzene rings is 2. The van der Waals surface area contributed by atoms with Crippen LogP contribution in [0.25, 0.3) is 0 Å². The van der Waals surface area contributed by atoms with Gasteiger partial charge in [-0.25, -0.2) is 8.42 Å². The van der Waals surface area contributed by atoms with Crippen molar-refractivity contribution in [1.82, 2.24) is 0 Å². The molecule has 112 valence electrons. The van der Waals surface area contributed by atoms with Crippen molar-refractivity contribution < 1.29 is 13.2 Å². The fourth-order valence-corrected chi connectivity index (χ4v) is 3.40. The lowest BCUT2D eigenvalue weighted by Crippen LogP contribution is -2.15. The third kappa shape index (κ3) is 3.28. The van der Waals surface area contributed by atoms with E-state index in [1.807, 2.05) is 6.92 Å². The molecule has 0 atom stereocenters. The molecule has 3 N–H and O–H groups in total. The molecule has 0 radical (unpaired) electrons. The van der Waals surface area contributed by atoms with Gasteiger partial charge in [-0.3, -0.25) is 4.72 Å². The summed E-state index contributed by atoms with van der Waals surface area (Å²) in [5.41, 5.74) is 8.02. The Morgan fingerprint density at radius 2 is 1.76 bits per heavy atom. The summed E-state index contributed by atoms with van der Waals surface area (Å²) >= 11 is 0. The van der Waals surface area contributed by atoms with Crippen LogP contribution in [-0.4, -0.2) is 15.5 Å². The molecule has 0 saturated heterocycles. The van der Waals surface area contributed by atoms with Crippen LogP contribution in [0.15, 0.2) is 41.3 Å². The summed E-state index contributed by atoms with van der Waals surface area (Å²) in [6, 6.07) is 9.96. The molecule has 0 aliphatic rings. The predicted octanol–water partition coefficient (Wildman–Crippen LogP) is 2.70. The average molecular weight is 306 g/mol. The molecule has 0 bridgehead atoms. The van der Waals surface area contributed by atoms with E-state index in [1.54, 1.807) is 44.4 Å². The Labute approximate surface area is 124 Å². The number of rotatable bonds is 4. The van der Waals surface area contributed by atoms with E-state index in [-0.39, 0.29) is 4.90 Å². The fraction of sp³-hybridized carbons (Fsp3) is 0.200. The number of nitrogens with two attached hydrogens (primary N) is 1. The van der Waals surface area contributed by atoms with Gasteiger partial charge in [0, 0.05) is 5.69 Å². The zero-order chi connectivity index (χ0) is 15.6. The molecular weight excluding hydrogens is 288 g/mol. The van der Waals surface area contributed by atoms with Gasteiger partial charge in [0.15, 0.2) is 0 Å². The highest BCUT2D eigenvalue weighted by Crippen LogP contribution is 2.25. The first-order valence-corrected chi connectivity index (χ1v) is 7.85. The van der Waals surface area contributed by atoms with Crippen molar-refractivity contribution in [1.29, 1.82) is 0 Å². The molecule has 2 aromatic carbocycles. The number of ether oxygens (including phenoxy) is 1. The minimum Gasteiger partial charge on any atom is -0.497 e. The Kier molecular flexibility index (Phi) is 4.09. The van der Waals surface area contributed by atoms with Gasteiger partial charge in [-0.2, -0.15) is 0 Å². The third-order valence-electron chi connectivity index (χ3n) is 3.18. The maximum absolute atomic E-state index is 12.5. The van der Waals surface area contributed by atoms with Crippen molar-refractivity contribution in [3.63, 3.8) is 0 Å². The van der Waals surface area contributed by atoms with E-state index >= 15 is 0 Å². The summed E-state index contributed by atoms with van der Waals surface area (Å²) in [4.78, 5) is 0.178. The quantitative estimate of drug-likeness (QED) is 0.851. The molecule has 0 amide bonds. The van der Waals surface area contributed by atoms with Crippen LogP contribution in [0.1, 0.15) is 11.1 Å². The summed E-state index contributed by atoms with van der Waals surface area (Å²) in [5, 5.41) is 0. The fourth-order valence-electron chi connectivity index (χ4n) is 1.98. The second kappa shape index (κ2) is 5.65. The molecule has 0 aromatic heterocycles. The van der Waals surface area contributed by atoms with E-state index in [1.165, 1.54) is 6.07 Å². The Morgan fingerprint density at radius 3 is 2.38 bits per heavy atom. The van der Waals surface area contributed by atoms with Crippen molar-refractivity contribution in [2.45, 2.75) is 18.7 Å². The number of hydrogen-bond acceptors (Lipinski definition) is 4. The molecule has 0 heterocycles. The molecule has 6 heteroatoms. The zero-order valence-electron chi connectivity index (χ0n) is 12.2. The minimum absolute atomic E-state index is 0.178. The van der Waals surface area contributed by atoms with Crippen LogP contribution in [0.4, 0.5) is 11.4 Å². The Hall–Kier alpha value is -2.21. The lowest BCUT2D eigenvalue weighted by Gasteiger charge is -2.13. The molecular formula is C15H18N2O3S. The van der Waals surface area contributed by atoms with Gasteiger partial charge in [0.25, 0.3) is 10.0 Å². The third-order valence-corrected chi connectivity index (χ3v) is 4.69. The number of nitrogen functional groups attached to an aromatic ring is 1. The normalized spacial score (nSPS) is 11.2. The lowest BCUT2D eigenvalue weighted by molar-refractivity contribution is 0.414. The minimum atomic E-state index is -3.68. The molecule has 0 aliphatic heterocycles. The summed E-state index contributed by atoms with van der Waals surface area (Å²) in [6.45, 7) is 3.54. The highest BCUT2D eigenvalue weighted by atomic mass is 32.2. The van der Waals surface area contributed by atoms with Gasteiger partial charge >= 0.3 is 0 Å². The first-order chi connectivity index (χ1) is 9.83. The van der Waals surface area contributed by atoms with Crippen molar-refractivity contribution >= 4 is 21.4 Å².